The van der Waals surface area contributed by atoms with Gasteiger partial charge in [0, 0.05) is 11.5 Å². The lowest BCUT2D eigenvalue weighted by atomic mass is 10.2. The van der Waals surface area contributed by atoms with Gasteiger partial charge < -0.3 is 9.15 Å². The molecular weight excluding hydrogens is 249 g/mol. The molecule has 0 amide bonds. The van der Waals surface area contributed by atoms with E-state index in [1.54, 1.807) is 12.1 Å². The molecule has 5 heteroatoms. The smallest absolute Gasteiger partial charge is 0.360 e. The molecule has 0 saturated heterocycles. The number of oxazole rings is 1. The van der Waals surface area contributed by atoms with Crippen molar-refractivity contribution in [2.45, 2.75) is 18.8 Å². The Hall–Kier alpha value is -2.17. The summed E-state index contributed by atoms with van der Waals surface area (Å²) >= 11 is 0. The van der Waals surface area contributed by atoms with E-state index < -0.39 is 5.97 Å². The van der Waals surface area contributed by atoms with Crippen LogP contribution in [0.15, 0.2) is 28.7 Å². The summed E-state index contributed by atoms with van der Waals surface area (Å²) in [5.41, 5.74) is 0.710. The van der Waals surface area contributed by atoms with Crippen molar-refractivity contribution in [1.82, 2.24) is 4.98 Å². The van der Waals surface area contributed by atoms with E-state index in [9.17, 15) is 9.18 Å². The highest BCUT2D eigenvalue weighted by Gasteiger charge is 2.34. The second-order valence-corrected chi connectivity index (χ2v) is 4.51. The maximum absolute atomic E-state index is 13.2. The summed E-state index contributed by atoms with van der Waals surface area (Å²) in [6.07, 6.45) is 1.95. The highest BCUT2D eigenvalue weighted by atomic mass is 19.1. The number of ether oxygens (including phenoxy) is 1. The molecule has 0 N–H and O–H groups in total. The Labute approximate surface area is 109 Å². The van der Waals surface area contributed by atoms with Gasteiger partial charge >= 0.3 is 5.97 Å². The standard InChI is InChI=1S/C14H12FNO3/c1-18-14(17)11-12(8-5-6-8)19-13(16-11)9-3-2-4-10(15)7-9/h2-4,7-8H,5-6H2,1H3. The van der Waals surface area contributed by atoms with Gasteiger partial charge in [-0.1, -0.05) is 6.07 Å². The first-order valence-electron chi connectivity index (χ1n) is 6.04. The SMILES string of the molecule is COC(=O)c1nc(-c2cccc(F)c2)oc1C1CC1. The number of carbonyl (C=O) groups is 1. The first-order valence-corrected chi connectivity index (χ1v) is 6.04. The van der Waals surface area contributed by atoms with Crippen molar-refractivity contribution in [2.75, 3.05) is 7.11 Å². The molecule has 1 aliphatic rings. The lowest BCUT2D eigenvalue weighted by Crippen LogP contribution is -2.04. The molecule has 4 nitrogen and oxygen atoms in total. The highest BCUT2D eigenvalue weighted by molar-refractivity contribution is 5.89. The average molecular weight is 261 g/mol. The number of benzene rings is 1. The van der Waals surface area contributed by atoms with Crippen molar-refractivity contribution >= 4 is 5.97 Å². The number of nitrogens with zero attached hydrogens (tertiary/aromatic N) is 1. The lowest BCUT2D eigenvalue weighted by Gasteiger charge is -1.95. The lowest BCUT2D eigenvalue weighted by molar-refractivity contribution is 0.0592. The maximum atomic E-state index is 13.2. The summed E-state index contributed by atoms with van der Waals surface area (Å²) in [5.74, 6) is 0.133. The summed E-state index contributed by atoms with van der Waals surface area (Å²) in [7, 11) is 1.30. The molecule has 1 aromatic carbocycles. The predicted molar refractivity (Wildman–Crippen MR) is 65.2 cm³/mol. The zero-order chi connectivity index (χ0) is 13.4. The molecule has 1 saturated carbocycles. The van der Waals surface area contributed by atoms with Gasteiger partial charge in [-0.2, -0.15) is 0 Å². The third-order valence-corrected chi connectivity index (χ3v) is 3.05. The van der Waals surface area contributed by atoms with Gasteiger partial charge in [-0.25, -0.2) is 14.2 Å². The number of hydrogen-bond acceptors (Lipinski definition) is 4. The minimum Gasteiger partial charge on any atom is -0.464 e. The summed E-state index contributed by atoms with van der Waals surface area (Å²) in [5, 5.41) is 0. The highest BCUT2D eigenvalue weighted by Crippen LogP contribution is 2.43. The average Bonchev–Trinajstić information content (AvgIpc) is 3.17. The summed E-state index contributed by atoms with van der Waals surface area (Å²) < 4.78 is 23.5. The van der Waals surface area contributed by atoms with E-state index in [1.165, 1.54) is 19.2 Å². The number of carbonyl (C=O) groups excluding carboxylic acids is 1. The van der Waals surface area contributed by atoms with E-state index >= 15 is 0 Å². The quantitative estimate of drug-likeness (QED) is 0.796. The van der Waals surface area contributed by atoms with Crippen LogP contribution in [0.5, 0.6) is 0 Å². The Balaban J connectivity index is 2.05. The Bertz CT molecular complexity index is 631. The summed E-state index contributed by atoms with van der Waals surface area (Å²) in [6.45, 7) is 0. The number of esters is 1. The fourth-order valence-electron chi connectivity index (χ4n) is 1.94. The van der Waals surface area contributed by atoms with Crippen molar-refractivity contribution in [3.63, 3.8) is 0 Å². The van der Waals surface area contributed by atoms with Crippen LogP contribution in [-0.2, 0) is 4.74 Å². The van der Waals surface area contributed by atoms with Crippen molar-refractivity contribution in [1.29, 1.82) is 0 Å². The van der Waals surface area contributed by atoms with E-state index in [2.05, 4.69) is 4.98 Å². The number of hydrogen-bond donors (Lipinski definition) is 0. The Morgan fingerprint density at radius 1 is 1.47 bits per heavy atom. The number of halogens is 1. The van der Waals surface area contributed by atoms with Gasteiger partial charge in [0.05, 0.1) is 7.11 Å². The largest absolute Gasteiger partial charge is 0.464 e. The first kappa shape index (κ1) is 11.9. The van der Waals surface area contributed by atoms with Crippen LogP contribution in [-0.4, -0.2) is 18.1 Å². The monoisotopic (exact) mass is 261 g/mol. The van der Waals surface area contributed by atoms with Crippen LogP contribution in [0.1, 0.15) is 35.0 Å². The second kappa shape index (κ2) is 4.50. The zero-order valence-corrected chi connectivity index (χ0v) is 10.4. The molecule has 0 bridgehead atoms. The molecule has 1 aliphatic carbocycles. The third kappa shape index (κ3) is 2.23. The van der Waals surface area contributed by atoms with Crippen LogP contribution in [0.3, 0.4) is 0 Å². The van der Waals surface area contributed by atoms with Crippen LogP contribution < -0.4 is 0 Å². The van der Waals surface area contributed by atoms with Gasteiger partial charge in [0.25, 0.3) is 0 Å². The normalized spacial score (nSPS) is 14.4. The van der Waals surface area contributed by atoms with Gasteiger partial charge in [0.2, 0.25) is 5.89 Å². The molecule has 19 heavy (non-hydrogen) atoms. The van der Waals surface area contributed by atoms with Crippen LogP contribution >= 0.6 is 0 Å². The van der Waals surface area contributed by atoms with Crippen molar-refractivity contribution in [2.24, 2.45) is 0 Å². The summed E-state index contributed by atoms with van der Waals surface area (Å²) in [6, 6.07) is 5.93. The van der Waals surface area contributed by atoms with Gasteiger partial charge in [-0.3, -0.25) is 0 Å². The Kier molecular flexibility index (Phi) is 2.81. The molecule has 0 aliphatic heterocycles. The van der Waals surface area contributed by atoms with E-state index in [0.717, 1.165) is 12.8 Å². The molecule has 0 unspecified atom stereocenters. The number of methoxy groups -OCH3 is 1. The Morgan fingerprint density at radius 2 is 2.26 bits per heavy atom. The third-order valence-electron chi connectivity index (χ3n) is 3.05. The molecule has 1 fully saturated rings. The van der Waals surface area contributed by atoms with E-state index in [4.69, 9.17) is 9.15 Å². The van der Waals surface area contributed by atoms with E-state index in [0.29, 0.717) is 11.3 Å². The molecule has 1 aromatic heterocycles. The van der Waals surface area contributed by atoms with Crippen LogP contribution in [0.2, 0.25) is 0 Å². The maximum Gasteiger partial charge on any atom is 0.360 e. The molecular formula is C14H12FNO3. The topological polar surface area (TPSA) is 52.3 Å². The molecule has 0 atom stereocenters. The zero-order valence-electron chi connectivity index (χ0n) is 10.4. The van der Waals surface area contributed by atoms with Crippen LogP contribution in [0.4, 0.5) is 4.39 Å². The second-order valence-electron chi connectivity index (χ2n) is 4.51. The minimum atomic E-state index is -0.520. The predicted octanol–water partition coefficient (Wildman–Crippen LogP) is 3.14. The molecule has 98 valence electrons. The molecule has 0 spiro atoms. The van der Waals surface area contributed by atoms with Crippen molar-refractivity contribution in [3.8, 4) is 11.5 Å². The first-order chi connectivity index (χ1) is 9.19. The fraction of sp³-hybridized carbons (Fsp3) is 0.286. The van der Waals surface area contributed by atoms with Gasteiger partial charge in [0.15, 0.2) is 5.69 Å². The van der Waals surface area contributed by atoms with Crippen molar-refractivity contribution in [3.05, 3.63) is 41.5 Å². The molecule has 2 aromatic rings. The Morgan fingerprint density at radius 3 is 2.89 bits per heavy atom. The van der Waals surface area contributed by atoms with E-state index in [-0.39, 0.29) is 23.3 Å². The van der Waals surface area contributed by atoms with Gasteiger partial charge in [0.1, 0.15) is 11.6 Å². The minimum absolute atomic E-state index is 0.198. The molecule has 1 heterocycles. The van der Waals surface area contributed by atoms with Crippen molar-refractivity contribution < 1.29 is 18.3 Å². The number of rotatable bonds is 3. The summed E-state index contributed by atoms with van der Waals surface area (Å²) in [4.78, 5) is 15.8. The molecule has 0 radical (unpaired) electrons. The van der Waals surface area contributed by atoms with Gasteiger partial charge in [-0.15, -0.1) is 0 Å². The number of aromatic nitrogens is 1. The van der Waals surface area contributed by atoms with Gasteiger partial charge in [-0.05, 0) is 31.0 Å². The van der Waals surface area contributed by atoms with Crippen LogP contribution in [0, 0.1) is 5.82 Å². The molecule has 3 rings (SSSR count). The van der Waals surface area contributed by atoms with E-state index in [1.807, 2.05) is 0 Å². The van der Waals surface area contributed by atoms with Crippen LogP contribution in [0.25, 0.3) is 11.5 Å². The fourth-order valence-corrected chi connectivity index (χ4v) is 1.94.